The van der Waals surface area contributed by atoms with Crippen LogP contribution >= 0.6 is 0 Å². The Bertz CT molecular complexity index is 770. The molecule has 0 bridgehead atoms. The number of carbonyl (C=O) groups excluding carboxylic acids is 1. The van der Waals surface area contributed by atoms with Crippen molar-refractivity contribution in [2.45, 2.75) is 33.2 Å². The average Bonchev–Trinajstić information content (AvgIpc) is 2.41. The van der Waals surface area contributed by atoms with Crippen molar-refractivity contribution in [3.05, 3.63) is 40.2 Å². The normalized spacial score (nSPS) is 11.5. The lowest BCUT2D eigenvalue weighted by Gasteiger charge is -2.20. The van der Waals surface area contributed by atoms with E-state index < -0.39 is 5.54 Å². The van der Waals surface area contributed by atoms with Crippen molar-refractivity contribution in [1.29, 1.82) is 0 Å². The molecule has 5 heteroatoms. The number of ether oxygens (including phenoxy) is 1. The quantitative estimate of drug-likeness (QED) is 0.947. The molecule has 0 spiro atoms. The molecule has 118 valence electrons. The Balaban J connectivity index is 2.60. The number of nitrogens with zero attached hydrogens (tertiary/aromatic N) is 1. The third-order valence-corrected chi connectivity index (χ3v) is 3.20. The van der Waals surface area contributed by atoms with Gasteiger partial charge in [-0.15, -0.1) is 0 Å². The highest BCUT2D eigenvalue weighted by atomic mass is 16.5. The minimum absolute atomic E-state index is 0.138. The van der Waals surface area contributed by atoms with Crippen LogP contribution in [-0.4, -0.2) is 22.6 Å². The summed E-state index contributed by atoms with van der Waals surface area (Å²) in [5.74, 6) is 0.261. The van der Waals surface area contributed by atoms with Gasteiger partial charge in [-0.1, -0.05) is 0 Å². The van der Waals surface area contributed by atoms with E-state index in [4.69, 9.17) is 4.74 Å². The highest BCUT2D eigenvalue weighted by Gasteiger charge is 2.19. The molecule has 22 heavy (non-hydrogen) atoms. The van der Waals surface area contributed by atoms with Crippen LogP contribution in [0.1, 0.15) is 38.1 Å². The van der Waals surface area contributed by atoms with Gasteiger partial charge in [-0.05, 0) is 45.9 Å². The lowest BCUT2D eigenvalue weighted by molar-refractivity contribution is 0.0918. The number of aryl methyl sites for hydroxylation is 1. The molecule has 0 aliphatic rings. The maximum Gasteiger partial charge on any atom is 0.257 e. The van der Waals surface area contributed by atoms with Gasteiger partial charge >= 0.3 is 0 Å². The van der Waals surface area contributed by atoms with Crippen LogP contribution < -0.4 is 15.5 Å². The summed E-state index contributed by atoms with van der Waals surface area (Å²) in [6.45, 7) is 8.04. The molecule has 0 aliphatic heterocycles. The zero-order valence-electron chi connectivity index (χ0n) is 13.7. The molecule has 2 rings (SSSR count). The van der Waals surface area contributed by atoms with Crippen LogP contribution in [0.3, 0.4) is 0 Å². The molecule has 1 aromatic carbocycles. The Morgan fingerprint density at radius 1 is 1.32 bits per heavy atom. The summed E-state index contributed by atoms with van der Waals surface area (Å²) < 4.78 is 7.22. The number of nitrogens with one attached hydrogen (secondary N) is 1. The predicted molar refractivity (Wildman–Crippen MR) is 87.6 cm³/mol. The topological polar surface area (TPSA) is 60.3 Å². The van der Waals surface area contributed by atoms with Crippen LogP contribution in [0.15, 0.2) is 29.2 Å². The molecule has 0 aliphatic carbocycles. The molecular formula is C17H22N2O3. The van der Waals surface area contributed by atoms with Gasteiger partial charge in [0, 0.05) is 18.8 Å². The molecule has 0 saturated heterocycles. The average molecular weight is 302 g/mol. The van der Waals surface area contributed by atoms with E-state index in [0.717, 1.165) is 5.52 Å². The van der Waals surface area contributed by atoms with Crippen LogP contribution in [0.25, 0.3) is 10.9 Å². The second kappa shape index (κ2) is 5.83. The molecule has 1 amide bonds. The number of carbonyl (C=O) groups is 1. The van der Waals surface area contributed by atoms with Crippen LogP contribution in [0.2, 0.25) is 0 Å². The van der Waals surface area contributed by atoms with Gasteiger partial charge in [-0.3, -0.25) is 9.59 Å². The monoisotopic (exact) mass is 302 g/mol. The van der Waals surface area contributed by atoms with Crippen molar-refractivity contribution >= 4 is 16.8 Å². The summed E-state index contributed by atoms with van der Waals surface area (Å²) in [4.78, 5) is 25.0. The summed E-state index contributed by atoms with van der Waals surface area (Å²) in [5.41, 5.74) is 0.222. The fourth-order valence-corrected chi connectivity index (χ4v) is 2.30. The first-order valence-corrected chi connectivity index (χ1v) is 7.31. The van der Waals surface area contributed by atoms with Gasteiger partial charge in [0.25, 0.3) is 5.91 Å². The van der Waals surface area contributed by atoms with Crippen LogP contribution in [0, 0.1) is 0 Å². The number of rotatable bonds is 3. The van der Waals surface area contributed by atoms with Crippen molar-refractivity contribution < 1.29 is 9.53 Å². The summed E-state index contributed by atoms with van der Waals surface area (Å²) in [6.07, 6.45) is 1.58. The third-order valence-electron chi connectivity index (χ3n) is 3.20. The largest absolute Gasteiger partial charge is 0.494 e. The van der Waals surface area contributed by atoms with Crippen molar-refractivity contribution in [2.24, 2.45) is 7.05 Å². The molecule has 0 radical (unpaired) electrons. The molecule has 1 aromatic heterocycles. The van der Waals surface area contributed by atoms with Gasteiger partial charge in [0.15, 0.2) is 0 Å². The van der Waals surface area contributed by atoms with Gasteiger partial charge < -0.3 is 14.6 Å². The first kappa shape index (κ1) is 16.1. The van der Waals surface area contributed by atoms with E-state index in [0.29, 0.717) is 17.7 Å². The SMILES string of the molecule is CCOc1ccc2c(c1)c(=O)c(C(=O)NC(C)(C)C)cn2C. The predicted octanol–water partition coefficient (Wildman–Crippen LogP) is 2.47. The van der Waals surface area contributed by atoms with E-state index in [1.54, 1.807) is 16.8 Å². The van der Waals surface area contributed by atoms with Gasteiger partial charge in [-0.2, -0.15) is 0 Å². The number of benzene rings is 1. The number of pyridine rings is 1. The number of amides is 1. The number of hydrogen-bond acceptors (Lipinski definition) is 3. The van der Waals surface area contributed by atoms with Crippen LogP contribution in [-0.2, 0) is 7.05 Å². The van der Waals surface area contributed by atoms with E-state index in [-0.39, 0.29) is 16.9 Å². The number of hydrogen-bond donors (Lipinski definition) is 1. The van der Waals surface area contributed by atoms with E-state index in [2.05, 4.69) is 5.32 Å². The van der Waals surface area contributed by atoms with E-state index in [1.165, 1.54) is 0 Å². The third kappa shape index (κ3) is 3.30. The van der Waals surface area contributed by atoms with Crippen molar-refractivity contribution in [3.63, 3.8) is 0 Å². The Kier molecular flexibility index (Phi) is 4.26. The van der Waals surface area contributed by atoms with Gasteiger partial charge in [0.2, 0.25) is 5.43 Å². The van der Waals surface area contributed by atoms with Crippen LogP contribution in [0.5, 0.6) is 5.75 Å². The van der Waals surface area contributed by atoms with Gasteiger partial charge in [0.1, 0.15) is 11.3 Å². The smallest absolute Gasteiger partial charge is 0.257 e. The maximum absolute atomic E-state index is 12.6. The van der Waals surface area contributed by atoms with Crippen molar-refractivity contribution in [3.8, 4) is 5.75 Å². The zero-order valence-corrected chi connectivity index (χ0v) is 13.7. The Morgan fingerprint density at radius 2 is 2.00 bits per heavy atom. The molecule has 0 unspecified atom stereocenters. The molecule has 0 fully saturated rings. The first-order chi connectivity index (χ1) is 10.2. The lowest BCUT2D eigenvalue weighted by atomic mass is 10.1. The minimum atomic E-state index is -0.399. The molecule has 1 N–H and O–H groups in total. The highest BCUT2D eigenvalue weighted by molar-refractivity contribution is 5.97. The Hall–Kier alpha value is -2.30. The minimum Gasteiger partial charge on any atom is -0.494 e. The van der Waals surface area contributed by atoms with Gasteiger partial charge in [0.05, 0.1) is 17.5 Å². The zero-order chi connectivity index (χ0) is 16.5. The molecule has 0 saturated carbocycles. The van der Waals surface area contributed by atoms with E-state index in [1.807, 2.05) is 46.9 Å². The summed E-state index contributed by atoms with van der Waals surface area (Å²) in [5, 5.41) is 3.31. The molecule has 2 aromatic rings. The molecule has 5 nitrogen and oxygen atoms in total. The van der Waals surface area contributed by atoms with E-state index in [9.17, 15) is 9.59 Å². The Labute approximate surface area is 129 Å². The molecular weight excluding hydrogens is 280 g/mol. The summed E-state index contributed by atoms with van der Waals surface area (Å²) in [6, 6.07) is 5.34. The van der Waals surface area contributed by atoms with Crippen LogP contribution in [0.4, 0.5) is 0 Å². The first-order valence-electron chi connectivity index (χ1n) is 7.31. The molecule has 0 atom stereocenters. The lowest BCUT2D eigenvalue weighted by Crippen LogP contribution is -2.42. The molecule has 1 heterocycles. The van der Waals surface area contributed by atoms with Crippen molar-refractivity contribution in [2.75, 3.05) is 6.61 Å². The Morgan fingerprint density at radius 3 is 2.59 bits per heavy atom. The fourth-order valence-electron chi connectivity index (χ4n) is 2.30. The van der Waals surface area contributed by atoms with Crippen molar-refractivity contribution in [1.82, 2.24) is 9.88 Å². The maximum atomic E-state index is 12.6. The van der Waals surface area contributed by atoms with Gasteiger partial charge in [-0.25, -0.2) is 0 Å². The standard InChI is InChI=1S/C17H22N2O3/c1-6-22-11-7-8-14-12(9-11)15(20)13(10-19(14)5)16(21)18-17(2,3)4/h7-10H,6H2,1-5H3,(H,18,21). The number of fused-ring (bicyclic) bond motifs is 1. The number of aromatic nitrogens is 1. The summed E-state index contributed by atoms with van der Waals surface area (Å²) >= 11 is 0. The second-order valence-corrected chi connectivity index (χ2v) is 6.30. The van der Waals surface area contributed by atoms with E-state index >= 15 is 0 Å². The fraction of sp³-hybridized carbons (Fsp3) is 0.412. The summed E-state index contributed by atoms with van der Waals surface area (Å²) in [7, 11) is 1.82. The highest BCUT2D eigenvalue weighted by Crippen LogP contribution is 2.19. The second-order valence-electron chi connectivity index (χ2n) is 6.30.